The molecule has 0 spiro atoms. The first-order valence-corrected chi connectivity index (χ1v) is 6.14. The van der Waals surface area contributed by atoms with Crippen molar-refractivity contribution in [1.29, 1.82) is 5.41 Å². The molecule has 3 N–H and O–H groups in total. The van der Waals surface area contributed by atoms with Gasteiger partial charge < -0.3 is 10.5 Å². The van der Waals surface area contributed by atoms with E-state index in [0.717, 1.165) is 12.1 Å². The van der Waals surface area contributed by atoms with Crippen molar-refractivity contribution in [2.45, 2.75) is 0 Å². The number of nitrogen functional groups attached to an aromatic ring is 1. The van der Waals surface area contributed by atoms with Crippen molar-refractivity contribution in [3.05, 3.63) is 57.8 Å². The molecule has 0 fully saturated rings. The van der Waals surface area contributed by atoms with Crippen LogP contribution in [0.4, 0.5) is 13.2 Å². The van der Waals surface area contributed by atoms with Crippen molar-refractivity contribution in [3.63, 3.8) is 0 Å². The van der Waals surface area contributed by atoms with E-state index in [4.69, 9.17) is 15.9 Å². The third-order valence-electron chi connectivity index (χ3n) is 2.42. The Morgan fingerprint density at radius 1 is 1.05 bits per heavy atom. The summed E-state index contributed by atoms with van der Waals surface area (Å²) in [5, 5.41) is 7.17. The molecule has 0 aliphatic carbocycles. The Morgan fingerprint density at radius 2 is 1.75 bits per heavy atom. The number of benzene rings is 2. The standard InChI is InChI=1S/C13H8BrF3N2O/c14-7-4-9(16)12(17)11(5-7)20-10-2-1-6(13(18)19)3-8(10)15/h1-5H,(H3,18,19). The zero-order chi connectivity index (χ0) is 14.9. The Bertz CT molecular complexity index is 692. The number of hydrogen-bond acceptors (Lipinski definition) is 2. The molecular weight excluding hydrogens is 337 g/mol. The fraction of sp³-hybridized carbons (Fsp3) is 0. The Labute approximate surface area is 120 Å². The molecule has 0 saturated heterocycles. The largest absolute Gasteiger partial charge is 0.451 e. The molecule has 0 heterocycles. The van der Waals surface area contributed by atoms with E-state index in [2.05, 4.69) is 15.9 Å². The summed E-state index contributed by atoms with van der Waals surface area (Å²) in [5.74, 6) is -4.23. The van der Waals surface area contributed by atoms with Crippen LogP contribution in [0.5, 0.6) is 11.5 Å². The summed E-state index contributed by atoms with van der Waals surface area (Å²) in [6.45, 7) is 0. The average molecular weight is 345 g/mol. The van der Waals surface area contributed by atoms with Crippen LogP contribution in [0.25, 0.3) is 0 Å². The number of halogens is 4. The first kappa shape index (κ1) is 14.4. The van der Waals surface area contributed by atoms with Crippen LogP contribution in [0.15, 0.2) is 34.8 Å². The predicted octanol–water partition coefficient (Wildman–Crippen LogP) is 3.94. The van der Waals surface area contributed by atoms with Gasteiger partial charge in [-0.2, -0.15) is 4.39 Å². The maximum Gasteiger partial charge on any atom is 0.201 e. The Kier molecular flexibility index (Phi) is 3.99. The molecule has 20 heavy (non-hydrogen) atoms. The van der Waals surface area contributed by atoms with E-state index in [1.807, 2.05) is 0 Å². The normalized spacial score (nSPS) is 10.4. The second-order valence-corrected chi connectivity index (χ2v) is 4.78. The average Bonchev–Trinajstić information content (AvgIpc) is 2.37. The highest BCUT2D eigenvalue weighted by Gasteiger charge is 2.14. The van der Waals surface area contributed by atoms with E-state index >= 15 is 0 Å². The highest BCUT2D eigenvalue weighted by atomic mass is 79.9. The lowest BCUT2D eigenvalue weighted by Crippen LogP contribution is -2.11. The Balaban J connectivity index is 2.38. The molecule has 0 aliphatic heterocycles. The molecule has 0 atom stereocenters. The topological polar surface area (TPSA) is 59.1 Å². The second kappa shape index (κ2) is 5.54. The van der Waals surface area contributed by atoms with Crippen LogP contribution in [0.2, 0.25) is 0 Å². The third-order valence-corrected chi connectivity index (χ3v) is 2.88. The molecule has 104 valence electrons. The molecule has 7 heteroatoms. The first-order valence-electron chi connectivity index (χ1n) is 5.35. The van der Waals surface area contributed by atoms with Gasteiger partial charge in [-0.1, -0.05) is 15.9 Å². The highest BCUT2D eigenvalue weighted by Crippen LogP contribution is 2.31. The number of hydrogen-bond donors (Lipinski definition) is 2. The van der Waals surface area contributed by atoms with E-state index in [9.17, 15) is 13.2 Å². The molecule has 0 unspecified atom stereocenters. The molecular formula is C13H8BrF3N2O. The van der Waals surface area contributed by atoms with Crippen LogP contribution in [0, 0.1) is 22.9 Å². The lowest BCUT2D eigenvalue weighted by Gasteiger charge is -2.09. The molecule has 0 bridgehead atoms. The van der Waals surface area contributed by atoms with Crippen LogP contribution < -0.4 is 10.5 Å². The van der Waals surface area contributed by atoms with Gasteiger partial charge in [-0.15, -0.1) is 0 Å². The molecule has 2 rings (SSSR count). The van der Waals surface area contributed by atoms with Gasteiger partial charge in [0.25, 0.3) is 0 Å². The number of amidine groups is 1. The van der Waals surface area contributed by atoms with Gasteiger partial charge >= 0.3 is 0 Å². The zero-order valence-corrected chi connectivity index (χ0v) is 11.5. The van der Waals surface area contributed by atoms with Crippen LogP contribution in [0.3, 0.4) is 0 Å². The molecule has 0 amide bonds. The summed E-state index contributed by atoms with van der Waals surface area (Å²) >= 11 is 2.98. The van der Waals surface area contributed by atoms with Crippen molar-refractivity contribution in [3.8, 4) is 11.5 Å². The van der Waals surface area contributed by atoms with Gasteiger partial charge in [0.1, 0.15) is 5.84 Å². The summed E-state index contributed by atoms with van der Waals surface area (Å²) in [4.78, 5) is 0. The van der Waals surface area contributed by atoms with E-state index in [-0.39, 0.29) is 21.6 Å². The smallest absolute Gasteiger partial charge is 0.201 e. The van der Waals surface area contributed by atoms with E-state index in [0.29, 0.717) is 0 Å². The van der Waals surface area contributed by atoms with Crippen LogP contribution in [-0.2, 0) is 0 Å². The summed E-state index contributed by atoms with van der Waals surface area (Å²) in [7, 11) is 0. The van der Waals surface area contributed by atoms with Gasteiger partial charge in [-0.3, -0.25) is 5.41 Å². The minimum Gasteiger partial charge on any atom is -0.451 e. The molecule has 2 aromatic rings. The Hall–Kier alpha value is -2.02. The van der Waals surface area contributed by atoms with Gasteiger partial charge in [0.05, 0.1) is 0 Å². The van der Waals surface area contributed by atoms with E-state index in [1.165, 1.54) is 18.2 Å². The minimum atomic E-state index is -1.22. The molecule has 0 saturated carbocycles. The fourth-order valence-corrected chi connectivity index (χ4v) is 1.89. The van der Waals surface area contributed by atoms with Gasteiger partial charge in [-0.25, -0.2) is 8.78 Å². The van der Waals surface area contributed by atoms with Crippen LogP contribution in [0.1, 0.15) is 5.56 Å². The lowest BCUT2D eigenvalue weighted by atomic mass is 10.2. The van der Waals surface area contributed by atoms with Gasteiger partial charge in [0, 0.05) is 10.0 Å². The van der Waals surface area contributed by atoms with Crippen molar-refractivity contribution >= 4 is 21.8 Å². The van der Waals surface area contributed by atoms with Crippen molar-refractivity contribution < 1.29 is 17.9 Å². The van der Waals surface area contributed by atoms with Crippen molar-refractivity contribution in [2.75, 3.05) is 0 Å². The van der Waals surface area contributed by atoms with E-state index < -0.39 is 23.2 Å². The van der Waals surface area contributed by atoms with Crippen molar-refractivity contribution in [2.24, 2.45) is 5.73 Å². The van der Waals surface area contributed by atoms with Crippen LogP contribution >= 0.6 is 15.9 Å². The van der Waals surface area contributed by atoms with Crippen molar-refractivity contribution in [1.82, 2.24) is 0 Å². The summed E-state index contributed by atoms with van der Waals surface area (Å²) in [6, 6.07) is 5.61. The molecule has 2 aromatic carbocycles. The summed E-state index contributed by atoms with van der Waals surface area (Å²) in [5.41, 5.74) is 5.37. The third kappa shape index (κ3) is 2.93. The first-order chi connectivity index (χ1) is 9.38. The Morgan fingerprint density at radius 3 is 2.35 bits per heavy atom. The predicted molar refractivity (Wildman–Crippen MR) is 71.5 cm³/mol. The van der Waals surface area contributed by atoms with Crippen LogP contribution in [-0.4, -0.2) is 5.84 Å². The minimum absolute atomic E-state index is 0.163. The quantitative estimate of drug-likeness (QED) is 0.503. The SMILES string of the molecule is N=C(N)c1ccc(Oc2cc(Br)cc(F)c2F)c(F)c1. The van der Waals surface area contributed by atoms with E-state index in [1.54, 1.807) is 0 Å². The number of nitrogens with one attached hydrogen (secondary N) is 1. The summed E-state index contributed by atoms with van der Waals surface area (Å²) < 4.78 is 45.7. The van der Waals surface area contributed by atoms with Gasteiger partial charge in [-0.05, 0) is 30.3 Å². The maximum atomic E-state index is 13.7. The number of rotatable bonds is 3. The monoisotopic (exact) mass is 344 g/mol. The zero-order valence-electron chi connectivity index (χ0n) is 9.88. The molecule has 0 aliphatic rings. The second-order valence-electron chi connectivity index (χ2n) is 3.86. The number of ether oxygens (including phenoxy) is 1. The molecule has 0 radical (unpaired) electrons. The molecule has 3 nitrogen and oxygen atoms in total. The fourth-order valence-electron chi connectivity index (χ4n) is 1.48. The van der Waals surface area contributed by atoms with Gasteiger partial charge in [0.15, 0.2) is 23.1 Å². The summed E-state index contributed by atoms with van der Waals surface area (Å²) in [6.07, 6.45) is 0. The number of nitrogens with two attached hydrogens (primary N) is 1. The highest BCUT2D eigenvalue weighted by molar-refractivity contribution is 9.10. The lowest BCUT2D eigenvalue weighted by molar-refractivity contribution is 0.396. The molecule has 0 aromatic heterocycles. The maximum absolute atomic E-state index is 13.7. The van der Waals surface area contributed by atoms with Gasteiger partial charge in [0.2, 0.25) is 5.82 Å².